The molecule has 2 unspecified atom stereocenters. The maximum absolute atomic E-state index is 13.0. The Hall–Kier alpha value is -2.93. The number of nitrogens with one attached hydrogen (secondary N) is 1. The molecule has 2 atom stereocenters. The summed E-state index contributed by atoms with van der Waals surface area (Å²) in [7, 11) is 0. The Labute approximate surface area is 172 Å². The van der Waals surface area contributed by atoms with Crippen molar-refractivity contribution in [2.24, 2.45) is 11.8 Å². The van der Waals surface area contributed by atoms with Gasteiger partial charge in [-0.25, -0.2) is 4.39 Å². The molecule has 2 aromatic carbocycles. The van der Waals surface area contributed by atoms with E-state index in [0.29, 0.717) is 24.1 Å². The van der Waals surface area contributed by atoms with Gasteiger partial charge in [-0.3, -0.25) is 14.4 Å². The van der Waals surface area contributed by atoms with Crippen molar-refractivity contribution in [3.05, 3.63) is 72.1 Å². The van der Waals surface area contributed by atoms with Crippen LogP contribution in [0.15, 0.2) is 65.6 Å². The summed E-state index contributed by atoms with van der Waals surface area (Å²) in [6, 6.07) is 12.4. The number of aliphatic carboxylic acids is 1. The molecule has 1 aliphatic rings. The first-order valence-electron chi connectivity index (χ1n) is 9.14. The lowest BCUT2D eigenvalue weighted by Gasteiger charge is -2.24. The lowest BCUT2D eigenvalue weighted by atomic mass is 9.82. The summed E-state index contributed by atoms with van der Waals surface area (Å²) in [5, 5.41) is 12.1. The van der Waals surface area contributed by atoms with E-state index in [-0.39, 0.29) is 17.4 Å². The smallest absolute Gasteiger partial charge is 0.307 e. The minimum atomic E-state index is -0.974. The average molecular weight is 413 g/mol. The number of carbonyl (C=O) groups is 3. The van der Waals surface area contributed by atoms with Gasteiger partial charge < -0.3 is 10.4 Å². The number of thioether (sulfide) groups is 1. The third-order valence-electron chi connectivity index (χ3n) is 4.72. The maximum atomic E-state index is 13.0. The molecule has 1 aliphatic carbocycles. The molecule has 0 saturated carbocycles. The number of carboxylic acid groups (broad SMARTS) is 1. The van der Waals surface area contributed by atoms with Crippen molar-refractivity contribution in [3.8, 4) is 0 Å². The van der Waals surface area contributed by atoms with Gasteiger partial charge in [0.05, 0.1) is 17.6 Å². The maximum Gasteiger partial charge on any atom is 0.307 e. The van der Waals surface area contributed by atoms with Crippen LogP contribution in [0.5, 0.6) is 0 Å². The molecule has 0 fully saturated rings. The summed E-state index contributed by atoms with van der Waals surface area (Å²) in [6.07, 6.45) is 4.35. The molecule has 3 rings (SSSR count). The third-order valence-corrected chi connectivity index (χ3v) is 5.72. The van der Waals surface area contributed by atoms with E-state index in [2.05, 4.69) is 5.32 Å². The van der Waals surface area contributed by atoms with E-state index in [1.807, 2.05) is 12.1 Å². The van der Waals surface area contributed by atoms with Crippen molar-refractivity contribution in [2.75, 3.05) is 11.1 Å². The van der Waals surface area contributed by atoms with Crippen LogP contribution in [0.1, 0.15) is 23.2 Å². The molecule has 0 aromatic heterocycles. The van der Waals surface area contributed by atoms with Crippen molar-refractivity contribution >= 4 is 35.1 Å². The van der Waals surface area contributed by atoms with E-state index in [9.17, 15) is 23.9 Å². The fraction of sp³-hybridized carbons (Fsp3) is 0.227. The second-order valence-corrected chi connectivity index (χ2v) is 7.78. The Kier molecular flexibility index (Phi) is 6.82. The van der Waals surface area contributed by atoms with Gasteiger partial charge >= 0.3 is 5.97 Å². The number of rotatable bonds is 7. The zero-order chi connectivity index (χ0) is 20.8. The average Bonchev–Trinajstić information content (AvgIpc) is 2.72. The molecule has 2 N–H and O–H groups in total. The number of allylic oxidation sites excluding steroid dienone is 2. The highest BCUT2D eigenvalue weighted by Crippen LogP contribution is 2.28. The van der Waals surface area contributed by atoms with E-state index in [4.69, 9.17) is 0 Å². The number of benzene rings is 2. The molecule has 1 amide bonds. The van der Waals surface area contributed by atoms with Crippen LogP contribution in [-0.2, 0) is 9.59 Å². The summed E-state index contributed by atoms with van der Waals surface area (Å²) in [6.45, 7) is 0. The van der Waals surface area contributed by atoms with Crippen LogP contribution in [0.4, 0.5) is 10.1 Å². The zero-order valence-corrected chi connectivity index (χ0v) is 16.3. The Morgan fingerprint density at radius 2 is 1.72 bits per heavy atom. The Morgan fingerprint density at radius 1 is 1.03 bits per heavy atom. The number of carboxylic acids is 1. The highest BCUT2D eigenvalue weighted by Gasteiger charge is 2.33. The van der Waals surface area contributed by atoms with Crippen molar-refractivity contribution in [2.45, 2.75) is 17.7 Å². The topological polar surface area (TPSA) is 83.5 Å². The van der Waals surface area contributed by atoms with Crippen LogP contribution in [0.2, 0.25) is 0 Å². The first-order valence-corrected chi connectivity index (χ1v) is 10.1. The van der Waals surface area contributed by atoms with Crippen LogP contribution in [-0.4, -0.2) is 28.5 Å². The van der Waals surface area contributed by atoms with Gasteiger partial charge in [-0.15, -0.1) is 11.8 Å². The number of ketones is 1. The molecule has 0 radical (unpaired) electrons. The molecule has 29 heavy (non-hydrogen) atoms. The van der Waals surface area contributed by atoms with Crippen LogP contribution < -0.4 is 5.32 Å². The number of Topliss-reactive ketones (excluding diaryl/α,β-unsaturated/α-hetero) is 1. The van der Waals surface area contributed by atoms with E-state index in [0.717, 1.165) is 4.90 Å². The zero-order valence-electron chi connectivity index (χ0n) is 15.5. The van der Waals surface area contributed by atoms with Gasteiger partial charge in [0.2, 0.25) is 5.91 Å². The van der Waals surface area contributed by atoms with Crippen LogP contribution in [0, 0.1) is 17.7 Å². The summed E-state index contributed by atoms with van der Waals surface area (Å²) in [5.74, 6) is -2.99. The minimum Gasteiger partial charge on any atom is -0.481 e. The number of anilines is 1. The molecule has 7 heteroatoms. The number of carbonyl (C=O) groups excluding carboxylic acids is 2. The quantitative estimate of drug-likeness (QED) is 0.399. The van der Waals surface area contributed by atoms with Crippen molar-refractivity contribution in [1.29, 1.82) is 0 Å². The SMILES string of the molecule is O=C(CSc1cccc(NC(=O)C2CC=CCC2C(=O)O)c1)c1ccc(F)cc1. The van der Waals surface area contributed by atoms with E-state index in [1.165, 1.54) is 36.0 Å². The van der Waals surface area contributed by atoms with E-state index < -0.39 is 23.6 Å². The Bertz CT molecular complexity index is 942. The molecule has 0 aliphatic heterocycles. The lowest BCUT2D eigenvalue weighted by Crippen LogP contribution is -2.34. The summed E-state index contributed by atoms with van der Waals surface area (Å²) < 4.78 is 13.0. The summed E-state index contributed by atoms with van der Waals surface area (Å²) in [5.41, 5.74) is 0.987. The monoisotopic (exact) mass is 413 g/mol. The molecular formula is C22H20FNO4S. The predicted molar refractivity (Wildman–Crippen MR) is 110 cm³/mol. The Balaban J connectivity index is 1.61. The van der Waals surface area contributed by atoms with Crippen LogP contribution >= 0.6 is 11.8 Å². The van der Waals surface area contributed by atoms with Gasteiger partial charge in [0.15, 0.2) is 5.78 Å². The molecule has 0 spiro atoms. The van der Waals surface area contributed by atoms with E-state index in [1.54, 1.807) is 24.3 Å². The van der Waals surface area contributed by atoms with E-state index >= 15 is 0 Å². The predicted octanol–water partition coefficient (Wildman–Crippen LogP) is 4.41. The molecule has 0 heterocycles. The van der Waals surface area contributed by atoms with Gasteiger partial charge in [0.1, 0.15) is 5.82 Å². The second-order valence-electron chi connectivity index (χ2n) is 6.73. The lowest BCUT2D eigenvalue weighted by molar-refractivity contribution is -0.146. The number of amides is 1. The number of hydrogen-bond acceptors (Lipinski definition) is 4. The molecule has 2 aromatic rings. The summed E-state index contributed by atoms with van der Waals surface area (Å²) in [4.78, 5) is 37.0. The molecule has 5 nitrogen and oxygen atoms in total. The Morgan fingerprint density at radius 3 is 2.41 bits per heavy atom. The molecule has 0 bridgehead atoms. The fourth-order valence-electron chi connectivity index (χ4n) is 3.14. The second kappa shape index (κ2) is 9.52. The highest BCUT2D eigenvalue weighted by molar-refractivity contribution is 8.00. The molecule has 150 valence electrons. The summed E-state index contributed by atoms with van der Waals surface area (Å²) >= 11 is 1.31. The van der Waals surface area contributed by atoms with Gasteiger partial charge in [-0.2, -0.15) is 0 Å². The van der Waals surface area contributed by atoms with Crippen molar-refractivity contribution < 1.29 is 23.9 Å². The standard InChI is InChI=1S/C22H20FNO4S/c23-15-10-8-14(9-11-15)20(25)13-29-17-5-3-4-16(12-17)24-21(26)18-6-1-2-7-19(18)22(27)28/h1-5,8-12,18-19H,6-7,13H2,(H,24,26)(H,27,28). The highest BCUT2D eigenvalue weighted by atomic mass is 32.2. The number of hydrogen-bond donors (Lipinski definition) is 2. The largest absolute Gasteiger partial charge is 0.481 e. The van der Waals surface area contributed by atoms with Gasteiger partial charge in [-0.05, 0) is 55.3 Å². The fourth-order valence-corrected chi connectivity index (χ4v) is 3.99. The van der Waals surface area contributed by atoms with Crippen LogP contribution in [0.3, 0.4) is 0 Å². The van der Waals surface area contributed by atoms with Crippen LogP contribution in [0.25, 0.3) is 0 Å². The first-order chi connectivity index (χ1) is 13.9. The first kappa shape index (κ1) is 20.8. The normalized spacial score (nSPS) is 18.2. The van der Waals surface area contributed by atoms with Gasteiger partial charge in [0.25, 0.3) is 0 Å². The third kappa shape index (κ3) is 5.54. The van der Waals surface area contributed by atoms with Crippen molar-refractivity contribution in [3.63, 3.8) is 0 Å². The molecule has 0 saturated heterocycles. The number of halogens is 1. The van der Waals surface area contributed by atoms with Crippen molar-refractivity contribution in [1.82, 2.24) is 0 Å². The van der Waals surface area contributed by atoms with Gasteiger partial charge in [0, 0.05) is 16.1 Å². The molecular weight excluding hydrogens is 393 g/mol. The minimum absolute atomic E-state index is 0.122. The van der Waals surface area contributed by atoms with Gasteiger partial charge in [-0.1, -0.05) is 18.2 Å².